The molecule has 0 aliphatic carbocycles. The normalized spacial score (nSPS) is 15.1. The van der Waals surface area contributed by atoms with Gasteiger partial charge in [0.25, 0.3) is 5.69 Å². The second-order valence-corrected chi connectivity index (χ2v) is 6.38. The van der Waals surface area contributed by atoms with E-state index in [-0.39, 0.29) is 23.1 Å². The Kier molecular flexibility index (Phi) is 5.84. The number of terminal acetylenes is 1. The predicted octanol–water partition coefficient (Wildman–Crippen LogP) is 1.40. The van der Waals surface area contributed by atoms with E-state index in [1.807, 2.05) is 6.07 Å². The summed E-state index contributed by atoms with van der Waals surface area (Å²) in [5.41, 5.74) is 1.01. The van der Waals surface area contributed by atoms with Gasteiger partial charge in [-0.3, -0.25) is 24.8 Å². The van der Waals surface area contributed by atoms with Crippen LogP contribution in [0.15, 0.2) is 30.6 Å². The molecular weight excluding hydrogens is 346 g/mol. The number of carbonyl (C=O) groups is 1. The Morgan fingerprint density at radius 3 is 2.89 bits per heavy atom. The van der Waals surface area contributed by atoms with Gasteiger partial charge in [0.15, 0.2) is 0 Å². The fraction of sp³-hybridized carbons (Fsp3) is 0.368. The average Bonchev–Trinajstić information content (AvgIpc) is 2.90. The highest BCUT2D eigenvalue weighted by Gasteiger charge is 2.21. The fourth-order valence-corrected chi connectivity index (χ4v) is 3.37. The lowest BCUT2D eigenvalue weighted by Crippen LogP contribution is -2.39. The number of pyridine rings is 1. The molecule has 0 bridgehead atoms. The molecule has 2 heterocycles. The van der Waals surface area contributed by atoms with E-state index in [4.69, 9.17) is 6.42 Å². The topological polar surface area (TPSA) is 91.6 Å². The number of nitrogens with one attached hydrogen (secondary N) is 1. The zero-order valence-electron chi connectivity index (χ0n) is 14.9. The third-order valence-corrected chi connectivity index (χ3v) is 4.65. The second kappa shape index (κ2) is 8.47. The second-order valence-electron chi connectivity index (χ2n) is 6.38. The van der Waals surface area contributed by atoms with E-state index in [9.17, 15) is 14.9 Å². The molecule has 2 aromatic rings. The van der Waals surface area contributed by atoms with Gasteiger partial charge in [-0.25, -0.2) is 0 Å². The Labute approximate surface area is 157 Å². The lowest BCUT2D eigenvalue weighted by Gasteiger charge is -2.24. The van der Waals surface area contributed by atoms with Crippen molar-refractivity contribution in [2.45, 2.75) is 6.42 Å². The van der Waals surface area contributed by atoms with E-state index < -0.39 is 0 Å². The summed E-state index contributed by atoms with van der Waals surface area (Å²) in [6.07, 6.45) is 9.24. The maximum atomic E-state index is 11.9. The molecule has 1 amide bonds. The smallest absolute Gasteiger partial charge is 0.278 e. The van der Waals surface area contributed by atoms with E-state index in [0.717, 1.165) is 43.7 Å². The number of carbonyl (C=O) groups excluding carboxylic acids is 1. The number of nitrogens with zero attached hydrogens (tertiary/aromatic N) is 4. The minimum absolute atomic E-state index is 0.0588. The van der Waals surface area contributed by atoms with Crippen LogP contribution in [0.1, 0.15) is 6.42 Å². The highest BCUT2D eigenvalue weighted by atomic mass is 16.6. The van der Waals surface area contributed by atoms with Crippen LogP contribution in [-0.2, 0) is 4.79 Å². The van der Waals surface area contributed by atoms with E-state index in [1.165, 1.54) is 12.3 Å². The number of hydrogen-bond donors (Lipinski definition) is 1. The zero-order valence-corrected chi connectivity index (χ0v) is 14.9. The van der Waals surface area contributed by atoms with Gasteiger partial charge < -0.3 is 10.2 Å². The first-order valence-electron chi connectivity index (χ1n) is 8.78. The minimum Gasteiger partial charge on any atom is -0.370 e. The number of amides is 1. The van der Waals surface area contributed by atoms with Crippen LogP contribution < -0.4 is 10.2 Å². The van der Waals surface area contributed by atoms with Gasteiger partial charge in [-0.1, -0.05) is 5.92 Å². The molecule has 0 radical (unpaired) electrons. The molecular formula is C19H21N5O3. The number of anilines is 1. The van der Waals surface area contributed by atoms with Gasteiger partial charge in [0.1, 0.15) is 0 Å². The van der Waals surface area contributed by atoms with Crippen LogP contribution in [0.4, 0.5) is 11.4 Å². The monoisotopic (exact) mass is 367 g/mol. The highest BCUT2D eigenvalue weighted by Crippen LogP contribution is 2.33. The highest BCUT2D eigenvalue weighted by molar-refractivity contribution is 5.99. The lowest BCUT2D eigenvalue weighted by molar-refractivity contribution is -0.383. The number of hydrogen-bond acceptors (Lipinski definition) is 6. The van der Waals surface area contributed by atoms with Crippen molar-refractivity contribution in [1.29, 1.82) is 0 Å². The predicted molar refractivity (Wildman–Crippen MR) is 104 cm³/mol. The van der Waals surface area contributed by atoms with Gasteiger partial charge in [-0.05, 0) is 18.6 Å². The Morgan fingerprint density at radius 1 is 1.26 bits per heavy atom. The molecule has 1 aliphatic heterocycles. The van der Waals surface area contributed by atoms with Crippen molar-refractivity contribution in [3.63, 3.8) is 0 Å². The molecule has 1 aromatic carbocycles. The third-order valence-electron chi connectivity index (χ3n) is 4.65. The summed E-state index contributed by atoms with van der Waals surface area (Å²) in [7, 11) is 0. The molecule has 27 heavy (non-hydrogen) atoms. The number of benzene rings is 1. The van der Waals surface area contributed by atoms with Crippen molar-refractivity contribution in [1.82, 2.24) is 15.2 Å². The van der Waals surface area contributed by atoms with Crippen molar-refractivity contribution in [2.75, 3.05) is 44.2 Å². The number of fused-ring (bicyclic) bond motifs is 1. The molecule has 1 aliphatic rings. The molecule has 0 saturated carbocycles. The van der Waals surface area contributed by atoms with Gasteiger partial charge in [0, 0.05) is 55.7 Å². The van der Waals surface area contributed by atoms with Crippen molar-refractivity contribution in [2.24, 2.45) is 0 Å². The molecule has 0 spiro atoms. The van der Waals surface area contributed by atoms with Crippen molar-refractivity contribution in [3.05, 3.63) is 40.7 Å². The van der Waals surface area contributed by atoms with E-state index in [2.05, 4.69) is 26.0 Å². The van der Waals surface area contributed by atoms with Crippen LogP contribution in [0.2, 0.25) is 0 Å². The summed E-state index contributed by atoms with van der Waals surface area (Å²) in [6, 6.07) is 5.15. The Bertz CT molecular complexity index is 893. The Hall–Kier alpha value is -3.18. The van der Waals surface area contributed by atoms with Crippen molar-refractivity contribution < 1.29 is 9.72 Å². The van der Waals surface area contributed by atoms with Crippen molar-refractivity contribution in [3.8, 4) is 12.3 Å². The summed E-state index contributed by atoms with van der Waals surface area (Å²) < 4.78 is 0. The van der Waals surface area contributed by atoms with Gasteiger partial charge in [-0.15, -0.1) is 6.42 Å². The van der Waals surface area contributed by atoms with Crippen LogP contribution in [0.25, 0.3) is 10.8 Å². The molecule has 0 unspecified atom stereocenters. The molecule has 0 atom stereocenters. The number of nitro groups is 1. The molecule has 140 valence electrons. The first kappa shape index (κ1) is 18.6. The number of aromatic nitrogens is 1. The quantitative estimate of drug-likeness (QED) is 0.488. The molecule has 1 saturated heterocycles. The van der Waals surface area contributed by atoms with Gasteiger partial charge in [-0.2, -0.15) is 0 Å². The van der Waals surface area contributed by atoms with Crippen LogP contribution in [0, 0.1) is 22.5 Å². The van der Waals surface area contributed by atoms with Gasteiger partial charge >= 0.3 is 0 Å². The van der Waals surface area contributed by atoms with Crippen LogP contribution >= 0.6 is 0 Å². The van der Waals surface area contributed by atoms with E-state index in [1.54, 1.807) is 12.3 Å². The standard InChI is InChI=1S/C19H21N5O3/c1-2-7-21-19(25)14-22-9-3-10-23(12-11-22)17-4-5-18(24(26)27)16-13-20-8-6-15(16)17/h1,4-6,8,13H,3,7,9-12,14H2,(H,21,25). The summed E-state index contributed by atoms with van der Waals surface area (Å²) in [5.74, 6) is 2.32. The minimum atomic E-state index is -0.382. The SMILES string of the molecule is C#CCNC(=O)CN1CCCN(c2ccc([N+](=O)[O-])c3cnccc23)CC1. The van der Waals surface area contributed by atoms with E-state index >= 15 is 0 Å². The molecule has 3 rings (SSSR count). The molecule has 8 nitrogen and oxygen atoms in total. The van der Waals surface area contributed by atoms with Crippen LogP contribution in [0.3, 0.4) is 0 Å². The zero-order chi connectivity index (χ0) is 19.2. The lowest BCUT2D eigenvalue weighted by atomic mass is 10.1. The Balaban J connectivity index is 1.76. The number of non-ortho nitro benzene ring substituents is 1. The number of nitro benzene ring substituents is 1. The molecule has 1 aromatic heterocycles. The molecule has 1 N–H and O–H groups in total. The van der Waals surface area contributed by atoms with Crippen LogP contribution in [0.5, 0.6) is 0 Å². The van der Waals surface area contributed by atoms with Gasteiger partial charge in [0.2, 0.25) is 5.91 Å². The summed E-state index contributed by atoms with van der Waals surface area (Å²) in [5, 5.41) is 15.3. The van der Waals surface area contributed by atoms with Gasteiger partial charge in [0.05, 0.1) is 23.4 Å². The fourth-order valence-electron chi connectivity index (χ4n) is 3.37. The maximum Gasteiger partial charge on any atom is 0.278 e. The van der Waals surface area contributed by atoms with Crippen LogP contribution in [-0.4, -0.2) is 60.0 Å². The first-order chi connectivity index (χ1) is 13.1. The van der Waals surface area contributed by atoms with Crippen molar-refractivity contribution >= 4 is 28.1 Å². The van der Waals surface area contributed by atoms with E-state index in [0.29, 0.717) is 11.9 Å². The molecule has 1 fully saturated rings. The average molecular weight is 367 g/mol. The largest absolute Gasteiger partial charge is 0.370 e. The summed E-state index contributed by atoms with van der Waals surface area (Å²) in [4.78, 5) is 31.1. The number of rotatable bonds is 5. The maximum absolute atomic E-state index is 11.9. The summed E-state index contributed by atoms with van der Waals surface area (Å²) in [6.45, 7) is 3.65. The molecule has 8 heteroatoms. The Morgan fingerprint density at radius 2 is 2.11 bits per heavy atom. The first-order valence-corrected chi connectivity index (χ1v) is 8.78. The third kappa shape index (κ3) is 4.33. The summed E-state index contributed by atoms with van der Waals surface area (Å²) >= 11 is 0.